The fraction of sp³-hybridized carbons (Fsp3) is 0.231. The van der Waals surface area contributed by atoms with E-state index in [1.807, 2.05) is 0 Å². The highest BCUT2D eigenvalue weighted by atomic mass is 19.1. The van der Waals surface area contributed by atoms with Gasteiger partial charge in [-0.3, -0.25) is 9.36 Å². The first-order chi connectivity index (χ1) is 9.40. The highest BCUT2D eigenvalue weighted by Gasteiger charge is 2.07. The van der Waals surface area contributed by atoms with Crippen LogP contribution in [-0.2, 0) is 20.6 Å². The van der Waals surface area contributed by atoms with Crippen LogP contribution in [0.1, 0.15) is 5.56 Å². The van der Waals surface area contributed by atoms with Crippen molar-refractivity contribution >= 4 is 5.69 Å². The third-order valence-electron chi connectivity index (χ3n) is 2.95. The predicted octanol–water partition coefficient (Wildman–Crippen LogP) is 0.541. The highest BCUT2D eigenvalue weighted by molar-refractivity contribution is 5.47. The number of aromatic nitrogens is 2. The summed E-state index contributed by atoms with van der Waals surface area (Å²) >= 11 is 0. The molecule has 0 aliphatic carbocycles. The van der Waals surface area contributed by atoms with Gasteiger partial charge in [0.2, 0.25) is 0 Å². The first kappa shape index (κ1) is 13.9. The summed E-state index contributed by atoms with van der Waals surface area (Å²) in [5, 5.41) is 11.9. The van der Waals surface area contributed by atoms with Gasteiger partial charge in [-0.25, -0.2) is 9.18 Å². The van der Waals surface area contributed by atoms with Crippen LogP contribution in [0.5, 0.6) is 5.75 Å². The molecule has 0 fully saturated rings. The number of phenolic OH excluding ortho intramolecular Hbond substituents is 1. The normalized spacial score (nSPS) is 10.6. The second kappa shape index (κ2) is 5.20. The molecule has 0 amide bonds. The number of phenols is 1. The fourth-order valence-corrected chi connectivity index (χ4v) is 1.82. The number of halogens is 1. The standard InChI is InChI=1S/C13H14FN3O3/c1-16-7-8(12(19)17(2)13(16)20)6-15-9-3-4-11(18)10(14)5-9/h3-5,7,15,18H,6H2,1-2H3. The quantitative estimate of drug-likeness (QED) is 0.804. The lowest BCUT2D eigenvalue weighted by molar-refractivity contribution is 0.432. The van der Waals surface area contributed by atoms with Gasteiger partial charge in [0.25, 0.3) is 5.56 Å². The molecule has 1 heterocycles. The van der Waals surface area contributed by atoms with E-state index in [0.717, 1.165) is 10.6 Å². The Hall–Kier alpha value is -2.57. The largest absolute Gasteiger partial charge is 0.505 e. The molecular formula is C13H14FN3O3. The Labute approximate surface area is 113 Å². The molecule has 0 saturated heterocycles. The molecule has 0 unspecified atom stereocenters. The molecule has 106 valence electrons. The van der Waals surface area contributed by atoms with Crippen LogP contribution in [0.4, 0.5) is 10.1 Å². The van der Waals surface area contributed by atoms with E-state index in [-0.39, 0.29) is 6.54 Å². The second-order valence-electron chi connectivity index (χ2n) is 4.43. The van der Waals surface area contributed by atoms with Gasteiger partial charge in [0.15, 0.2) is 11.6 Å². The van der Waals surface area contributed by atoms with Gasteiger partial charge in [-0.2, -0.15) is 0 Å². The van der Waals surface area contributed by atoms with Crippen molar-refractivity contribution in [1.29, 1.82) is 0 Å². The Kier molecular flexibility index (Phi) is 3.60. The van der Waals surface area contributed by atoms with Crippen LogP contribution >= 0.6 is 0 Å². The molecule has 7 heteroatoms. The second-order valence-corrected chi connectivity index (χ2v) is 4.43. The van der Waals surface area contributed by atoms with E-state index in [0.29, 0.717) is 11.3 Å². The van der Waals surface area contributed by atoms with E-state index in [2.05, 4.69) is 5.32 Å². The summed E-state index contributed by atoms with van der Waals surface area (Å²) in [4.78, 5) is 23.4. The zero-order valence-electron chi connectivity index (χ0n) is 11.1. The molecule has 6 nitrogen and oxygen atoms in total. The number of anilines is 1. The minimum atomic E-state index is -0.747. The van der Waals surface area contributed by atoms with Crippen molar-refractivity contribution in [3.63, 3.8) is 0 Å². The number of nitrogens with one attached hydrogen (secondary N) is 1. The summed E-state index contributed by atoms with van der Waals surface area (Å²) in [6.45, 7) is 0.144. The van der Waals surface area contributed by atoms with Gasteiger partial charge >= 0.3 is 5.69 Å². The van der Waals surface area contributed by atoms with E-state index in [4.69, 9.17) is 5.11 Å². The van der Waals surface area contributed by atoms with Crippen LogP contribution in [0.25, 0.3) is 0 Å². The summed E-state index contributed by atoms with van der Waals surface area (Å²) < 4.78 is 15.5. The van der Waals surface area contributed by atoms with E-state index in [9.17, 15) is 14.0 Å². The Balaban J connectivity index is 2.25. The maximum absolute atomic E-state index is 13.2. The number of hydrogen-bond acceptors (Lipinski definition) is 4. The van der Waals surface area contributed by atoms with E-state index in [1.54, 1.807) is 7.05 Å². The van der Waals surface area contributed by atoms with Crippen LogP contribution in [0.15, 0.2) is 34.0 Å². The Morgan fingerprint density at radius 2 is 2.00 bits per heavy atom. The molecule has 0 saturated carbocycles. The highest BCUT2D eigenvalue weighted by Crippen LogP contribution is 2.19. The molecule has 1 aromatic carbocycles. The monoisotopic (exact) mass is 279 g/mol. The predicted molar refractivity (Wildman–Crippen MR) is 72.3 cm³/mol. The summed E-state index contributed by atoms with van der Waals surface area (Å²) in [5.41, 5.74) is -0.00596. The fourth-order valence-electron chi connectivity index (χ4n) is 1.82. The summed E-state index contributed by atoms with van der Waals surface area (Å²) in [5.74, 6) is -1.18. The van der Waals surface area contributed by atoms with E-state index in [1.165, 1.54) is 29.9 Å². The lowest BCUT2D eigenvalue weighted by Crippen LogP contribution is -2.38. The molecule has 2 N–H and O–H groups in total. The maximum Gasteiger partial charge on any atom is 0.330 e. The third kappa shape index (κ3) is 2.56. The molecule has 0 radical (unpaired) electrons. The van der Waals surface area contributed by atoms with Gasteiger partial charge in [-0.15, -0.1) is 0 Å². The van der Waals surface area contributed by atoms with Gasteiger partial charge in [-0.05, 0) is 12.1 Å². The average Bonchev–Trinajstić information content (AvgIpc) is 2.42. The summed E-state index contributed by atoms with van der Waals surface area (Å²) in [6.07, 6.45) is 1.44. The molecule has 1 aromatic heterocycles. The minimum Gasteiger partial charge on any atom is -0.505 e. The van der Waals surface area contributed by atoms with Crippen LogP contribution in [0.3, 0.4) is 0 Å². The Bertz CT molecular complexity index is 764. The van der Waals surface area contributed by atoms with Gasteiger partial charge in [0.1, 0.15) is 0 Å². The smallest absolute Gasteiger partial charge is 0.330 e. The lowest BCUT2D eigenvalue weighted by atomic mass is 10.2. The minimum absolute atomic E-state index is 0.144. The van der Waals surface area contributed by atoms with E-state index < -0.39 is 22.8 Å². The summed E-state index contributed by atoms with van der Waals surface area (Å²) in [6, 6.07) is 3.84. The lowest BCUT2D eigenvalue weighted by Gasteiger charge is -2.09. The molecule has 2 aromatic rings. The molecule has 0 aliphatic rings. The maximum atomic E-state index is 13.2. The number of hydrogen-bond donors (Lipinski definition) is 2. The number of nitrogens with zero attached hydrogens (tertiary/aromatic N) is 2. The van der Waals surface area contributed by atoms with Crippen LogP contribution in [-0.4, -0.2) is 14.2 Å². The molecule has 2 rings (SSSR count). The number of aryl methyl sites for hydroxylation is 1. The molecule has 0 atom stereocenters. The molecule has 20 heavy (non-hydrogen) atoms. The van der Waals surface area contributed by atoms with Gasteiger partial charge < -0.3 is 15.0 Å². The van der Waals surface area contributed by atoms with Crippen LogP contribution in [0.2, 0.25) is 0 Å². The topological polar surface area (TPSA) is 76.3 Å². The van der Waals surface area contributed by atoms with Crippen LogP contribution < -0.4 is 16.6 Å². The van der Waals surface area contributed by atoms with Crippen molar-refractivity contribution in [3.05, 3.63) is 56.6 Å². The van der Waals surface area contributed by atoms with Gasteiger partial charge in [0, 0.05) is 38.6 Å². The molecule has 0 bridgehead atoms. The van der Waals surface area contributed by atoms with Crippen molar-refractivity contribution in [1.82, 2.24) is 9.13 Å². The van der Waals surface area contributed by atoms with Crippen molar-refractivity contribution in [2.75, 3.05) is 5.32 Å². The Morgan fingerprint density at radius 3 is 2.65 bits per heavy atom. The Morgan fingerprint density at radius 1 is 1.30 bits per heavy atom. The van der Waals surface area contributed by atoms with E-state index >= 15 is 0 Å². The zero-order chi connectivity index (χ0) is 14.9. The first-order valence-corrected chi connectivity index (χ1v) is 5.88. The zero-order valence-corrected chi connectivity index (χ0v) is 11.1. The summed E-state index contributed by atoms with van der Waals surface area (Å²) in [7, 11) is 2.94. The van der Waals surface area contributed by atoms with Crippen LogP contribution in [0, 0.1) is 5.82 Å². The van der Waals surface area contributed by atoms with Gasteiger partial charge in [0.05, 0.1) is 5.56 Å². The third-order valence-corrected chi connectivity index (χ3v) is 2.95. The van der Waals surface area contributed by atoms with Crippen molar-refractivity contribution in [2.45, 2.75) is 6.54 Å². The number of aromatic hydroxyl groups is 1. The molecular weight excluding hydrogens is 265 g/mol. The SMILES string of the molecule is Cn1cc(CNc2ccc(O)c(F)c2)c(=O)n(C)c1=O. The van der Waals surface area contributed by atoms with Crippen molar-refractivity contribution in [2.24, 2.45) is 14.1 Å². The van der Waals surface area contributed by atoms with Crippen molar-refractivity contribution < 1.29 is 9.50 Å². The van der Waals surface area contributed by atoms with Gasteiger partial charge in [-0.1, -0.05) is 0 Å². The van der Waals surface area contributed by atoms with Crippen molar-refractivity contribution in [3.8, 4) is 5.75 Å². The molecule has 0 aliphatic heterocycles. The number of rotatable bonds is 3. The first-order valence-electron chi connectivity index (χ1n) is 5.88. The average molecular weight is 279 g/mol. The number of benzene rings is 1. The molecule has 0 spiro atoms.